The number of aryl methyl sites for hydroxylation is 1. The fourth-order valence-corrected chi connectivity index (χ4v) is 6.43. The first-order valence-corrected chi connectivity index (χ1v) is 11.6. The number of thioether (sulfide) groups is 2. The van der Waals surface area contributed by atoms with Gasteiger partial charge in [0.25, 0.3) is 0 Å². The van der Waals surface area contributed by atoms with Crippen LogP contribution in [0.3, 0.4) is 0 Å². The number of carbonyl (C=O) groups excluding carboxylic acids is 2. The highest BCUT2D eigenvalue weighted by Crippen LogP contribution is 2.60. The molecular formula is C23H23N3O3S2. The number of carbonyl (C=O) groups is 2. The van der Waals surface area contributed by atoms with Crippen LogP contribution in [0.25, 0.3) is 0 Å². The average molecular weight is 454 g/mol. The summed E-state index contributed by atoms with van der Waals surface area (Å²) >= 11 is 2.71. The summed E-state index contributed by atoms with van der Waals surface area (Å²) in [6.45, 7) is 7.52. The van der Waals surface area contributed by atoms with Crippen molar-refractivity contribution in [1.82, 2.24) is 0 Å². The van der Waals surface area contributed by atoms with E-state index in [0.29, 0.717) is 16.6 Å². The van der Waals surface area contributed by atoms with E-state index in [1.54, 1.807) is 6.92 Å². The number of hydrazone groups is 1. The van der Waals surface area contributed by atoms with Crippen LogP contribution in [0.15, 0.2) is 70.3 Å². The largest absolute Gasteiger partial charge is 0.462 e. The lowest BCUT2D eigenvalue weighted by Crippen LogP contribution is -2.49. The van der Waals surface area contributed by atoms with Crippen molar-refractivity contribution in [2.75, 3.05) is 16.5 Å². The maximum Gasteiger partial charge on any atom is 0.346 e. The highest BCUT2D eigenvalue weighted by atomic mass is 32.2. The van der Waals surface area contributed by atoms with Gasteiger partial charge in [0.15, 0.2) is 10.8 Å². The summed E-state index contributed by atoms with van der Waals surface area (Å²) in [7, 11) is 0. The van der Waals surface area contributed by atoms with Gasteiger partial charge in [-0.15, -0.1) is 0 Å². The Morgan fingerprint density at radius 1 is 1.00 bits per heavy atom. The normalized spacial score (nSPS) is 20.5. The molecule has 2 aliphatic heterocycles. The van der Waals surface area contributed by atoms with E-state index in [9.17, 15) is 9.59 Å². The van der Waals surface area contributed by atoms with Gasteiger partial charge in [0.05, 0.1) is 12.3 Å². The fraction of sp³-hybridized carbons (Fsp3) is 0.261. The summed E-state index contributed by atoms with van der Waals surface area (Å²) in [5.41, 5.74) is 3.62. The Balaban J connectivity index is 1.89. The lowest BCUT2D eigenvalue weighted by molar-refractivity contribution is -0.137. The molecule has 4 rings (SSSR count). The minimum atomic E-state index is -0.899. The van der Waals surface area contributed by atoms with E-state index in [-0.39, 0.29) is 11.8 Å². The van der Waals surface area contributed by atoms with E-state index < -0.39 is 4.33 Å². The second kappa shape index (κ2) is 8.43. The van der Waals surface area contributed by atoms with E-state index in [1.807, 2.05) is 73.5 Å². The van der Waals surface area contributed by atoms with E-state index in [2.05, 4.69) is 4.90 Å². The van der Waals surface area contributed by atoms with Crippen LogP contribution in [0.4, 0.5) is 11.4 Å². The quantitative estimate of drug-likeness (QED) is 0.583. The number of anilines is 2. The van der Waals surface area contributed by atoms with Gasteiger partial charge in [-0.25, -0.2) is 9.80 Å². The molecule has 2 aliphatic rings. The van der Waals surface area contributed by atoms with Crippen molar-refractivity contribution in [1.29, 1.82) is 0 Å². The first-order valence-electron chi connectivity index (χ1n) is 9.95. The standard InChI is InChI=1S/C23H23N3O3S2/c1-5-29-22(28)20-16(3)25(18-9-7-6-8-10-18)23(30-20)26(24-21(31-23)17(4)27)19-13-11-15(2)12-14-19/h6-14H,5H2,1-4H3/t23-/m1/s1. The van der Waals surface area contributed by atoms with Gasteiger partial charge in [-0.2, -0.15) is 5.10 Å². The molecule has 160 valence electrons. The molecule has 6 nitrogen and oxygen atoms in total. The number of ketones is 1. The van der Waals surface area contributed by atoms with Crippen molar-refractivity contribution in [3.8, 4) is 0 Å². The molecule has 1 atom stereocenters. The zero-order chi connectivity index (χ0) is 22.2. The van der Waals surface area contributed by atoms with Gasteiger partial charge in [0, 0.05) is 18.3 Å². The predicted octanol–water partition coefficient (Wildman–Crippen LogP) is 5.11. The fourth-order valence-electron chi connectivity index (χ4n) is 3.48. The lowest BCUT2D eigenvalue weighted by atomic mass is 10.2. The van der Waals surface area contributed by atoms with Crippen molar-refractivity contribution >= 4 is 51.7 Å². The van der Waals surface area contributed by atoms with Gasteiger partial charge in [0.2, 0.25) is 4.33 Å². The highest BCUT2D eigenvalue weighted by Gasteiger charge is 2.57. The van der Waals surface area contributed by atoms with Crippen molar-refractivity contribution in [3.63, 3.8) is 0 Å². The van der Waals surface area contributed by atoms with Gasteiger partial charge in [0.1, 0.15) is 4.91 Å². The Hall–Kier alpha value is -2.71. The van der Waals surface area contributed by atoms with E-state index in [1.165, 1.54) is 30.4 Å². The molecule has 0 aliphatic carbocycles. The highest BCUT2D eigenvalue weighted by molar-refractivity contribution is 8.29. The van der Waals surface area contributed by atoms with E-state index >= 15 is 0 Å². The Morgan fingerprint density at radius 3 is 2.29 bits per heavy atom. The summed E-state index contributed by atoms with van der Waals surface area (Å²) in [4.78, 5) is 27.7. The Morgan fingerprint density at radius 2 is 1.68 bits per heavy atom. The summed E-state index contributed by atoms with van der Waals surface area (Å²) in [6.07, 6.45) is 0. The van der Waals surface area contributed by atoms with Crippen LogP contribution < -0.4 is 9.91 Å². The van der Waals surface area contributed by atoms with Crippen LogP contribution in [-0.4, -0.2) is 27.7 Å². The zero-order valence-corrected chi connectivity index (χ0v) is 19.4. The molecule has 0 amide bonds. The Labute approximate surface area is 190 Å². The third-order valence-electron chi connectivity index (χ3n) is 4.92. The molecule has 0 bridgehead atoms. The molecule has 0 fully saturated rings. The number of hydrogen-bond donors (Lipinski definition) is 0. The first-order chi connectivity index (χ1) is 14.9. The number of benzene rings is 2. The number of hydrogen-bond acceptors (Lipinski definition) is 8. The molecule has 0 saturated carbocycles. The Bertz CT molecular complexity index is 1080. The van der Waals surface area contributed by atoms with Crippen molar-refractivity contribution in [3.05, 3.63) is 70.8 Å². The minimum absolute atomic E-state index is 0.116. The molecule has 0 radical (unpaired) electrons. The molecule has 0 N–H and O–H groups in total. The summed E-state index contributed by atoms with van der Waals surface area (Å²) in [5.74, 6) is -0.488. The van der Waals surface area contributed by atoms with Gasteiger partial charge in [-0.3, -0.25) is 4.79 Å². The van der Waals surface area contributed by atoms with Crippen molar-refractivity contribution in [2.45, 2.75) is 32.0 Å². The topological polar surface area (TPSA) is 62.2 Å². The molecule has 0 unspecified atom stereocenters. The number of para-hydroxylation sites is 1. The van der Waals surface area contributed by atoms with Crippen LogP contribution >= 0.6 is 23.5 Å². The van der Waals surface area contributed by atoms with E-state index in [4.69, 9.17) is 9.84 Å². The first kappa shape index (κ1) is 21.5. The molecule has 2 aromatic rings. The summed E-state index contributed by atoms with van der Waals surface area (Å²) in [6, 6.07) is 17.8. The SMILES string of the molecule is CCOC(=O)C1=C(C)N(c2ccccc2)[C@]2(SC(C(C)=O)=NN2c2ccc(C)cc2)S1. The molecule has 2 aromatic carbocycles. The molecule has 1 spiro atoms. The molecule has 8 heteroatoms. The number of ether oxygens (including phenoxy) is 1. The molecular weight excluding hydrogens is 430 g/mol. The van der Waals surface area contributed by atoms with Gasteiger partial charge < -0.3 is 9.64 Å². The third kappa shape index (κ3) is 3.74. The molecule has 0 aromatic heterocycles. The van der Waals surface area contributed by atoms with Crippen molar-refractivity contribution in [2.24, 2.45) is 5.10 Å². The molecule has 2 heterocycles. The predicted molar refractivity (Wildman–Crippen MR) is 128 cm³/mol. The average Bonchev–Trinajstić information content (AvgIpc) is 3.28. The van der Waals surface area contributed by atoms with Crippen LogP contribution in [0.2, 0.25) is 0 Å². The van der Waals surface area contributed by atoms with Crippen LogP contribution in [0.1, 0.15) is 26.3 Å². The Kier molecular flexibility index (Phi) is 5.85. The summed E-state index contributed by atoms with van der Waals surface area (Å²) in [5, 5.41) is 6.92. The van der Waals surface area contributed by atoms with Crippen LogP contribution in [0, 0.1) is 6.92 Å². The zero-order valence-electron chi connectivity index (χ0n) is 17.8. The summed E-state index contributed by atoms with van der Waals surface area (Å²) < 4.78 is 4.44. The monoisotopic (exact) mass is 453 g/mol. The molecule has 31 heavy (non-hydrogen) atoms. The van der Waals surface area contributed by atoms with Gasteiger partial charge in [-0.1, -0.05) is 47.7 Å². The molecule has 0 saturated heterocycles. The number of rotatable bonds is 5. The van der Waals surface area contributed by atoms with Gasteiger partial charge >= 0.3 is 5.97 Å². The van der Waals surface area contributed by atoms with Crippen LogP contribution in [-0.2, 0) is 14.3 Å². The maximum atomic E-state index is 12.8. The number of esters is 1. The van der Waals surface area contributed by atoms with E-state index in [0.717, 1.165) is 22.6 Å². The number of nitrogens with zero attached hydrogens (tertiary/aromatic N) is 3. The second-order valence-corrected chi connectivity index (χ2v) is 9.77. The van der Waals surface area contributed by atoms with Crippen LogP contribution in [0.5, 0.6) is 0 Å². The third-order valence-corrected chi connectivity index (χ3v) is 7.90. The lowest BCUT2D eigenvalue weighted by Gasteiger charge is -2.41. The smallest absolute Gasteiger partial charge is 0.346 e. The second-order valence-electron chi connectivity index (χ2n) is 7.17. The van der Waals surface area contributed by atoms with Crippen molar-refractivity contribution < 1.29 is 14.3 Å². The van der Waals surface area contributed by atoms with Gasteiger partial charge in [-0.05, 0) is 56.8 Å². The number of allylic oxidation sites excluding steroid dienone is 1. The minimum Gasteiger partial charge on any atom is -0.462 e. The maximum absolute atomic E-state index is 12.8. The number of Topliss-reactive ketones (excluding diaryl/α,β-unsaturated/α-hetero) is 1.